The number of carboxylic acid groups (broad SMARTS) is 1. The summed E-state index contributed by atoms with van der Waals surface area (Å²) in [4.78, 5) is 11.1. The van der Waals surface area contributed by atoms with Gasteiger partial charge in [-0.25, -0.2) is 0 Å². The van der Waals surface area contributed by atoms with Gasteiger partial charge in [0.15, 0.2) is 0 Å². The molecule has 3 nitrogen and oxygen atoms in total. The van der Waals surface area contributed by atoms with E-state index in [0.717, 1.165) is 18.7 Å². The molecule has 0 saturated carbocycles. The fraction of sp³-hybridized carbons (Fsp3) is 0.462. The number of carboxylic acids is 1. The summed E-state index contributed by atoms with van der Waals surface area (Å²) in [5.74, 6) is -0.702. The Bertz CT molecular complexity index is 389. The largest absolute Gasteiger partial charge is 0.481 e. The van der Waals surface area contributed by atoms with Gasteiger partial charge in [0.2, 0.25) is 0 Å². The van der Waals surface area contributed by atoms with E-state index >= 15 is 0 Å². The van der Waals surface area contributed by atoms with Crippen LogP contribution in [0, 0.1) is 11.8 Å². The van der Waals surface area contributed by atoms with Gasteiger partial charge in [-0.05, 0) is 30.4 Å². The highest BCUT2D eigenvalue weighted by Gasteiger charge is 2.29. The molecule has 0 amide bonds. The summed E-state index contributed by atoms with van der Waals surface area (Å²) < 4.78 is 0. The van der Waals surface area contributed by atoms with E-state index in [9.17, 15) is 4.79 Å². The van der Waals surface area contributed by atoms with Crippen molar-refractivity contribution in [2.24, 2.45) is 11.8 Å². The van der Waals surface area contributed by atoms with Gasteiger partial charge in [-0.3, -0.25) is 4.79 Å². The first kappa shape index (κ1) is 11.0. The molecule has 2 rings (SSSR count). The minimum atomic E-state index is -0.673. The van der Waals surface area contributed by atoms with Crippen LogP contribution in [0.4, 0.5) is 5.69 Å². The monoisotopic (exact) mass is 219 g/mol. The van der Waals surface area contributed by atoms with Crippen molar-refractivity contribution >= 4 is 11.7 Å². The van der Waals surface area contributed by atoms with Crippen molar-refractivity contribution in [2.45, 2.75) is 19.8 Å². The van der Waals surface area contributed by atoms with Gasteiger partial charge in [-0.2, -0.15) is 0 Å². The SMILES string of the molecule is CCC(C(=O)O)C1CNc2ccccc2C1. The summed E-state index contributed by atoms with van der Waals surface area (Å²) in [6.45, 7) is 2.71. The Morgan fingerprint density at radius 2 is 2.31 bits per heavy atom. The molecule has 16 heavy (non-hydrogen) atoms. The number of hydrogen-bond donors (Lipinski definition) is 2. The number of aliphatic carboxylic acids is 1. The molecule has 0 bridgehead atoms. The van der Waals surface area contributed by atoms with Crippen LogP contribution < -0.4 is 5.32 Å². The van der Waals surface area contributed by atoms with Gasteiger partial charge < -0.3 is 10.4 Å². The molecule has 0 radical (unpaired) electrons. The second-order valence-corrected chi connectivity index (χ2v) is 4.36. The molecule has 1 aliphatic heterocycles. The molecule has 0 fully saturated rings. The maximum atomic E-state index is 11.1. The number of fused-ring (bicyclic) bond motifs is 1. The minimum Gasteiger partial charge on any atom is -0.481 e. The first-order valence-electron chi connectivity index (χ1n) is 5.77. The molecular formula is C13H17NO2. The van der Waals surface area contributed by atoms with Gasteiger partial charge in [-0.15, -0.1) is 0 Å². The van der Waals surface area contributed by atoms with E-state index in [1.165, 1.54) is 5.56 Å². The van der Waals surface area contributed by atoms with Crippen LogP contribution in [0.1, 0.15) is 18.9 Å². The van der Waals surface area contributed by atoms with Crippen LogP contribution in [0.25, 0.3) is 0 Å². The molecule has 0 aromatic heterocycles. The molecule has 3 heteroatoms. The maximum absolute atomic E-state index is 11.1. The second-order valence-electron chi connectivity index (χ2n) is 4.36. The number of carbonyl (C=O) groups is 1. The number of benzene rings is 1. The van der Waals surface area contributed by atoms with E-state index in [1.807, 2.05) is 25.1 Å². The van der Waals surface area contributed by atoms with Gasteiger partial charge >= 0.3 is 5.97 Å². The molecule has 1 aromatic rings. The standard InChI is InChI=1S/C13H17NO2/c1-2-11(13(15)16)10-7-9-5-3-4-6-12(9)14-8-10/h3-6,10-11,14H,2,7-8H2,1H3,(H,15,16). The third-order valence-corrected chi connectivity index (χ3v) is 3.38. The topological polar surface area (TPSA) is 49.3 Å². The average Bonchev–Trinajstić information content (AvgIpc) is 2.29. The maximum Gasteiger partial charge on any atom is 0.306 e. The molecule has 0 saturated heterocycles. The molecule has 1 aromatic carbocycles. The van der Waals surface area contributed by atoms with Crippen LogP contribution >= 0.6 is 0 Å². The zero-order chi connectivity index (χ0) is 11.5. The number of hydrogen-bond acceptors (Lipinski definition) is 2. The van der Waals surface area contributed by atoms with Crippen molar-refractivity contribution < 1.29 is 9.90 Å². The van der Waals surface area contributed by atoms with Crippen LogP contribution in [0.2, 0.25) is 0 Å². The molecule has 2 N–H and O–H groups in total. The van der Waals surface area contributed by atoms with Crippen molar-refractivity contribution in [1.29, 1.82) is 0 Å². The third-order valence-electron chi connectivity index (χ3n) is 3.38. The number of para-hydroxylation sites is 1. The Morgan fingerprint density at radius 3 is 3.00 bits per heavy atom. The summed E-state index contributed by atoms with van der Waals surface area (Å²) in [5, 5.41) is 12.5. The van der Waals surface area contributed by atoms with Gasteiger partial charge in [0.1, 0.15) is 0 Å². The summed E-state index contributed by atoms with van der Waals surface area (Å²) in [5.41, 5.74) is 2.39. The van der Waals surface area contributed by atoms with Crippen molar-refractivity contribution in [3.05, 3.63) is 29.8 Å². The Labute approximate surface area is 95.5 Å². The predicted molar refractivity (Wildman–Crippen MR) is 63.5 cm³/mol. The van der Waals surface area contributed by atoms with Crippen LogP contribution in [0.3, 0.4) is 0 Å². The lowest BCUT2D eigenvalue weighted by Gasteiger charge is -2.29. The molecule has 1 aliphatic rings. The molecular weight excluding hydrogens is 202 g/mol. The Kier molecular flexibility index (Phi) is 3.13. The normalized spacial score (nSPS) is 20.7. The lowest BCUT2D eigenvalue weighted by Crippen LogP contribution is -2.33. The smallest absolute Gasteiger partial charge is 0.306 e. The van der Waals surface area contributed by atoms with E-state index in [-0.39, 0.29) is 11.8 Å². The van der Waals surface area contributed by atoms with E-state index in [0.29, 0.717) is 6.42 Å². The van der Waals surface area contributed by atoms with Crippen molar-refractivity contribution in [2.75, 3.05) is 11.9 Å². The van der Waals surface area contributed by atoms with Gasteiger partial charge in [-0.1, -0.05) is 25.1 Å². The highest BCUT2D eigenvalue weighted by molar-refractivity contribution is 5.71. The number of nitrogens with one attached hydrogen (secondary N) is 1. The van der Waals surface area contributed by atoms with Crippen LogP contribution in [0.5, 0.6) is 0 Å². The molecule has 1 heterocycles. The van der Waals surface area contributed by atoms with Crippen LogP contribution in [-0.4, -0.2) is 17.6 Å². The fourth-order valence-electron chi connectivity index (χ4n) is 2.46. The van der Waals surface area contributed by atoms with E-state index in [1.54, 1.807) is 0 Å². The fourth-order valence-corrected chi connectivity index (χ4v) is 2.46. The quantitative estimate of drug-likeness (QED) is 0.820. The molecule has 0 aliphatic carbocycles. The second kappa shape index (κ2) is 4.56. The minimum absolute atomic E-state index is 0.206. The van der Waals surface area contributed by atoms with E-state index < -0.39 is 5.97 Å². The first-order valence-corrected chi connectivity index (χ1v) is 5.77. The summed E-state index contributed by atoms with van der Waals surface area (Å²) in [6.07, 6.45) is 1.57. The highest BCUT2D eigenvalue weighted by atomic mass is 16.4. The third kappa shape index (κ3) is 2.03. The van der Waals surface area contributed by atoms with Gasteiger partial charge in [0.05, 0.1) is 5.92 Å². The van der Waals surface area contributed by atoms with Gasteiger partial charge in [0.25, 0.3) is 0 Å². The summed E-state index contributed by atoms with van der Waals surface area (Å²) in [7, 11) is 0. The lowest BCUT2D eigenvalue weighted by atomic mass is 9.82. The highest BCUT2D eigenvalue weighted by Crippen LogP contribution is 2.29. The lowest BCUT2D eigenvalue weighted by molar-refractivity contribution is -0.143. The summed E-state index contributed by atoms with van der Waals surface area (Å²) in [6, 6.07) is 8.13. The van der Waals surface area contributed by atoms with E-state index in [2.05, 4.69) is 11.4 Å². The Morgan fingerprint density at radius 1 is 1.56 bits per heavy atom. The first-order chi connectivity index (χ1) is 7.72. The molecule has 2 unspecified atom stereocenters. The molecule has 0 spiro atoms. The number of rotatable bonds is 3. The van der Waals surface area contributed by atoms with Crippen molar-refractivity contribution in [3.8, 4) is 0 Å². The Balaban J connectivity index is 2.15. The summed E-state index contributed by atoms with van der Waals surface area (Å²) >= 11 is 0. The van der Waals surface area contributed by atoms with E-state index in [4.69, 9.17) is 5.11 Å². The predicted octanol–water partition coefficient (Wildman–Crippen LogP) is 2.38. The number of anilines is 1. The molecule has 86 valence electrons. The van der Waals surface area contributed by atoms with Crippen LogP contribution in [0.15, 0.2) is 24.3 Å². The Hall–Kier alpha value is -1.51. The van der Waals surface area contributed by atoms with Crippen molar-refractivity contribution in [1.82, 2.24) is 0 Å². The average molecular weight is 219 g/mol. The zero-order valence-corrected chi connectivity index (χ0v) is 9.44. The molecule has 2 atom stereocenters. The van der Waals surface area contributed by atoms with Crippen LogP contribution in [-0.2, 0) is 11.2 Å². The zero-order valence-electron chi connectivity index (χ0n) is 9.44. The van der Waals surface area contributed by atoms with Crippen molar-refractivity contribution in [3.63, 3.8) is 0 Å². The van der Waals surface area contributed by atoms with Gasteiger partial charge in [0, 0.05) is 12.2 Å².